The Balaban J connectivity index is 2.37. The molecule has 0 saturated heterocycles. The molecule has 0 atom stereocenters. The molecule has 0 aliphatic carbocycles. The van der Waals surface area contributed by atoms with Crippen LogP contribution in [0.3, 0.4) is 0 Å². The van der Waals surface area contributed by atoms with Crippen LogP contribution in [0.15, 0.2) is 42.6 Å². The van der Waals surface area contributed by atoms with E-state index in [0.717, 1.165) is 0 Å². The lowest BCUT2D eigenvalue weighted by molar-refractivity contribution is -0.140. The fourth-order valence-corrected chi connectivity index (χ4v) is 2.14. The van der Waals surface area contributed by atoms with E-state index in [-0.39, 0.29) is 11.3 Å². The normalized spacial score (nSPS) is 11.6. The highest BCUT2D eigenvalue weighted by atomic mass is 19.4. The number of H-pyrrole nitrogens is 1. The molecule has 0 aliphatic rings. The van der Waals surface area contributed by atoms with E-state index in [1.165, 1.54) is 12.3 Å². The number of hydrogen-bond acceptors (Lipinski definition) is 4. The number of nitrogens with two attached hydrogens (primary N) is 1. The molecule has 112 valence electrons. The molecule has 0 radical (unpaired) electrons. The lowest BCUT2D eigenvalue weighted by Crippen LogP contribution is -2.14. The minimum absolute atomic E-state index is 0.0588. The van der Waals surface area contributed by atoms with Crippen LogP contribution in [0.5, 0.6) is 0 Å². The summed E-state index contributed by atoms with van der Waals surface area (Å²) in [4.78, 5) is 7.36. The number of nitrogens with zero attached hydrogens (tertiary/aromatic N) is 3. The summed E-state index contributed by atoms with van der Waals surface area (Å²) in [6, 6.07) is 9.64. The third-order valence-corrected chi connectivity index (χ3v) is 3.01. The molecule has 0 unspecified atom stereocenters. The Bertz CT molecular complexity index is 782. The minimum Gasteiger partial charge on any atom is -0.368 e. The van der Waals surface area contributed by atoms with Gasteiger partial charge in [0.05, 0.1) is 5.69 Å². The van der Waals surface area contributed by atoms with Crippen LogP contribution in [0.2, 0.25) is 0 Å². The van der Waals surface area contributed by atoms with Gasteiger partial charge in [-0.1, -0.05) is 30.3 Å². The van der Waals surface area contributed by atoms with E-state index in [9.17, 15) is 13.2 Å². The Labute approximate surface area is 123 Å². The summed E-state index contributed by atoms with van der Waals surface area (Å²) < 4.78 is 40.1. The maximum absolute atomic E-state index is 13.4. The van der Waals surface area contributed by atoms with Crippen LogP contribution < -0.4 is 5.73 Å². The Hall–Kier alpha value is -2.90. The highest BCUT2D eigenvalue weighted by molar-refractivity contribution is 5.81. The predicted octanol–water partition coefficient (Wildman–Crippen LogP) is 3.13. The van der Waals surface area contributed by atoms with E-state index >= 15 is 0 Å². The quantitative estimate of drug-likeness (QED) is 0.762. The standard InChI is InChI=1S/C14H10F3N5/c15-14(16,17)12-10(8-4-2-1-3-5-8)11(20-13(18)21-12)9-6-7-19-22-9/h1-7H,(H,19,22)(H2,18,20,21). The van der Waals surface area contributed by atoms with Crippen molar-refractivity contribution >= 4 is 5.95 Å². The van der Waals surface area contributed by atoms with Crippen molar-refractivity contribution in [1.29, 1.82) is 0 Å². The van der Waals surface area contributed by atoms with Crippen LogP contribution in [0, 0.1) is 0 Å². The molecule has 22 heavy (non-hydrogen) atoms. The molecule has 5 nitrogen and oxygen atoms in total. The van der Waals surface area contributed by atoms with Gasteiger partial charge in [-0.25, -0.2) is 9.97 Å². The average Bonchev–Trinajstić information content (AvgIpc) is 3.00. The second-order valence-electron chi connectivity index (χ2n) is 4.49. The second-order valence-corrected chi connectivity index (χ2v) is 4.49. The van der Waals surface area contributed by atoms with Crippen molar-refractivity contribution in [1.82, 2.24) is 20.2 Å². The maximum atomic E-state index is 13.4. The van der Waals surface area contributed by atoms with Crippen molar-refractivity contribution in [3.63, 3.8) is 0 Å². The van der Waals surface area contributed by atoms with Crippen molar-refractivity contribution in [2.45, 2.75) is 6.18 Å². The summed E-state index contributed by atoms with van der Waals surface area (Å²) in [5, 5.41) is 6.35. The van der Waals surface area contributed by atoms with Crippen LogP contribution >= 0.6 is 0 Å². The zero-order valence-corrected chi connectivity index (χ0v) is 11.1. The summed E-state index contributed by atoms with van der Waals surface area (Å²) in [5.41, 5.74) is 4.98. The summed E-state index contributed by atoms with van der Waals surface area (Å²) in [6.07, 6.45) is -3.23. The Morgan fingerprint density at radius 3 is 2.32 bits per heavy atom. The number of nitrogen functional groups attached to an aromatic ring is 1. The van der Waals surface area contributed by atoms with Crippen molar-refractivity contribution in [2.24, 2.45) is 0 Å². The maximum Gasteiger partial charge on any atom is 0.434 e. The third-order valence-electron chi connectivity index (χ3n) is 3.01. The van der Waals surface area contributed by atoms with E-state index in [0.29, 0.717) is 11.3 Å². The van der Waals surface area contributed by atoms with Gasteiger partial charge in [0.25, 0.3) is 0 Å². The topological polar surface area (TPSA) is 80.5 Å². The molecule has 3 N–H and O–H groups in total. The number of hydrogen-bond donors (Lipinski definition) is 2. The first kappa shape index (κ1) is 14.1. The van der Waals surface area contributed by atoms with Gasteiger partial charge >= 0.3 is 6.18 Å². The second kappa shape index (κ2) is 5.14. The molecule has 3 aromatic rings. The first-order chi connectivity index (χ1) is 10.5. The lowest BCUT2D eigenvalue weighted by atomic mass is 10.00. The SMILES string of the molecule is Nc1nc(-c2ccn[nH]2)c(-c2ccccc2)c(C(F)(F)F)n1. The number of benzene rings is 1. The van der Waals surface area contributed by atoms with Gasteiger partial charge in [0.1, 0.15) is 5.69 Å². The van der Waals surface area contributed by atoms with Gasteiger partial charge in [-0.2, -0.15) is 18.3 Å². The summed E-state index contributed by atoms with van der Waals surface area (Å²) in [5.74, 6) is -0.448. The van der Waals surface area contributed by atoms with Crippen LogP contribution in [-0.2, 0) is 6.18 Å². The molecule has 0 saturated carbocycles. The molecule has 0 spiro atoms. The molecule has 0 bridgehead atoms. The Morgan fingerprint density at radius 2 is 1.73 bits per heavy atom. The van der Waals surface area contributed by atoms with Crippen molar-refractivity contribution < 1.29 is 13.2 Å². The summed E-state index contributed by atoms with van der Waals surface area (Å²) in [6.45, 7) is 0. The molecule has 0 fully saturated rings. The van der Waals surface area contributed by atoms with Crippen LogP contribution in [-0.4, -0.2) is 20.2 Å². The number of rotatable bonds is 2. The monoisotopic (exact) mass is 305 g/mol. The third kappa shape index (κ3) is 2.50. The van der Waals surface area contributed by atoms with Crippen LogP contribution in [0.25, 0.3) is 22.5 Å². The average molecular weight is 305 g/mol. The van der Waals surface area contributed by atoms with Gasteiger partial charge in [-0.3, -0.25) is 5.10 Å². The Morgan fingerprint density at radius 1 is 1.00 bits per heavy atom. The first-order valence-corrected chi connectivity index (χ1v) is 6.26. The van der Waals surface area contributed by atoms with Gasteiger partial charge < -0.3 is 5.73 Å². The number of halogens is 3. The fraction of sp³-hybridized carbons (Fsp3) is 0.0714. The van der Waals surface area contributed by atoms with Crippen molar-refractivity contribution in [3.05, 3.63) is 48.3 Å². The largest absolute Gasteiger partial charge is 0.434 e. The molecule has 8 heteroatoms. The van der Waals surface area contributed by atoms with Crippen molar-refractivity contribution in [3.8, 4) is 22.5 Å². The summed E-state index contributed by atoms with van der Waals surface area (Å²) >= 11 is 0. The number of aromatic nitrogens is 4. The number of alkyl halides is 3. The van der Waals surface area contributed by atoms with E-state index in [4.69, 9.17) is 5.73 Å². The molecular weight excluding hydrogens is 295 g/mol. The van der Waals surface area contributed by atoms with Gasteiger partial charge in [-0.15, -0.1) is 0 Å². The molecule has 2 aromatic heterocycles. The zero-order valence-electron chi connectivity index (χ0n) is 11.1. The predicted molar refractivity (Wildman–Crippen MR) is 74.5 cm³/mol. The molecule has 2 heterocycles. The van der Waals surface area contributed by atoms with Crippen LogP contribution in [0.4, 0.5) is 19.1 Å². The van der Waals surface area contributed by atoms with Crippen molar-refractivity contribution in [2.75, 3.05) is 5.73 Å². The molecular formula is C14H10F3N5. The molecule has 3 rings (SSSR count). The lowest BCUT2D eigenvalue weighted by Gasteiger charge is -2.15. The fourth-order valence-electron chi connectivity index (χ4n) is 2.14. The van der Waals surface area contributed by atoms with Gasteiger partial charge in [0, 0.05) is 11.8 Å². The van der Waals surface area contributed by atoms with Crippen LogP contribution in [0.1, 0.15) is 5.69 Å². The highest BCUT2D eigenvalue weighted by Crippen LogP contribution is 2.40. The van der Waals surface area contributed by atoms with Gasteiger partial charge in [-0.05, 0) is 11.6 Å². The Kier molecular flexibility index (Phi) is 3.28. The van der Waals surface area contributed by atoms with E-state index in [1.807, 2.05) is 0 Å². The van der Waals surface area contributed by atoms with E-state index < -0.39 is 17.8 Å². The van der Waals surface area contributed by atoms with Gasteiger partial charge in [0.15, 0.2) is 5.69 Å². The minimum atomic E-state index is -4.66. The van der Waals surface area contributed by atoms with Gasteiger partial charge in [0.2, 0.25) is 5.95 Å². The molecule has 1 aromatic carbocycles. The number of nitrogens with one attached hydrogen (secondary N) is 1. The van der Waals surface area contributed by atoms with E-state index in [2.05, 4.69) is 20.2 Å². The zero-order chi connectivity index (χ0) is 15.7. The number of aromatic amines is 1. The van der Waals surface area contributed by atoms with E-state index in [1.54, 1.807) is 30.3 Å². The molecule has 0 amide bonds. The number of anilines is 1. The molecule has 0 aliphatic heterocycles. The highest BCUT2D eigenvalue weighted by Gasteiger charge is 2.38. The summed E-state index contributed by atoms with van der Waals surface area (Å²) in [7, 11) is 0. The first-order valence-electron chi connectivity index (χ1n) is 6.26. The smallest absolute Gasteiger partial charge is 0.368 e.